The zero-order valence-electron chi connectivity index (χ0n) is 19.9. The van der Waals surface area contributed by atoms with Crippen molar-refractivity contribution in [2.75, 3.05) is 17.7 Å². The molecule has 186 valence electrons. The van der Waals surface area contributed by atoms with E-state index in [1.807, 2.05) is 36.6 Å². The molecular formula is C26H25N3O4S3. The van der Waals surface area contributed by atoms with Gasteiger partial charge in [-0.05, 0) is 50.7 Å². The summed E-state index contributed by atoms with van der Waals surface area (Å²) in [5, 5.41) is 6.33. The predicted molar refractivity (Wildman–Crippen MR) is 147 cm³/mol. The van der Waals surface area contributed by atoms with E-state index in [0.717, 1.165) is 64.6 Å². The summed E-state index contributed by atoms with van der Waals surface area (Å²) in [6.07, 6.45) is 3.83. The largest absolute Gasteiger partial charge is 0.462 e. The number of carbonyl (C=O) groups excluding carboxylic acids is 2. The lowest BCUT2D eigenvalue weighted by molar-refractivity contribution is -0.113. The van der Waals surface area contributed by atoms with Crippen LogP contribution >= 0.6 is 34.4 Å². The second-order valence-corrected chi connectivity index (χ2v) is 11.5. The van der Waals surface area contributed by atoms with Crippen molar-refractivity contribution in [1.82, 2.24) is 9.97 Å². The van der Waals surface area contributed by atoms with Crippen molar-refractivity contribution in [2.45, 2.75) is 44.7 Å². The third-order valence-corrected chi connectivity index (χ3v) is 8.98. The third-order valence-electron chi connectivity index (χ3n) is 6.03. The number of benzene rings is 1. The maximum Gasteiger partial charge on any atom is 0.341 e. The highest BCUT2D eigenvalue weighted by Crippen LogP contribution is 2.39. The van der Waals surface area contributed by atoms with E-state index in [-0.39, 0.29) is 23.8 Å². The topological polar surface area (TPSA) is 101 Å². The van der Waals surface area contributed by atoms with Crippen molar-refractivity contribution < 1.29 is 14.3 Å². The molecule has 1 aliphatic rings. The van der Waals surface area contributed by atoms with Gasteiger partial charge < -0.3 is 15.0 Å². The summed E-state index contributed by atoms with van der Waals surface area (Å²) in [5.41, 5.74) is 4.24. The van der Waals surface area contributed by atoms with Crippen LogP contribution in [0.5, 0.6) is 0 Å². The Morgan fingerprint density at radius 1 is 1.19 bits per heavy atom. The van der Waals surface area contributed by atoms with Crippen molar-refractivity contribution in [3.05, 3.63) is 61.6 Å². The molecule has 3 aromatic heterocycles. The van der Waals surface area contributed by atoms with Crippen LogP contribution in [0.2, 0.25) is 0 Å². The lowest BCUT2D eigenvalue weighted by atomic mass is 9.95. The van der Waals surface area contributed by atoms with Crippen molar-refractivity contribution in [3.63, 3.8) is 0 Å². The number of rotatable bonds is 7. The average molecular weight is 540 g/mol. The molecule has 1 aromatic carbocycles. The van der Waals surface area contributed by atoms with Crippen molar-refractivity contribution in [2.24, 2.45) is 0 Å². The van der Waals surface area contributed by atoms with Crippen molar-refractivity contribution >= 4 is 61.5 Å². The summed E-state index contributed by atoms with van der Waals surface area (Å²) in [7, 11) is 0. The molecule has 10 heteroatoms. The van der Waals surface area contributed by atoms with E-state index in [1.165, 1.54) is 22.7 Å². The van der Waals surface area contributed by atoms with Crippen molar-refractivity contribution in [1.29, 1.82) is 0 Å². The van der Waals surface area contributed by atoms with E-state index in [0.29, 0.717) is 25.9 Å². The number of hydrogen-bond donors (Lipinski definition) is 2. The Morgan fingerprint density at radius 3 is 2.75 bits per heavy atom. The maximum absolute atomic E-state index is 12.9. The number of aromatic amines is 1. The molecule has 0 bridgehead atoms. The molecule has 0 atom stereocenters. The van der Waals surface area contributed by atoms with Gasteiger partial charge >= 0.3 is 5.97 Å². The lowest BCUT2D eigenvalue weighted by Crippen LogP contribution is -2.17. The first-order chi connectivity index (χ1) is 17.4. The summed E-state index contributed by atoms with van der Waals surface area (Å²) in [6, 6.07) is 8.02. The van der Waals surface area contributed by atoms with E-state index in [4.69, 9.17) is 4.74 Å². The number of nitrogens with one attached hydrogen (secondary N) is 2. The minimum atomic E-state index is -0.390. The van der Waals surface area contributed by atoms with Gasteiger partial charge in [-0.2, -0.15) is 0 Å². The van der Waals surface area contributed by atoms with Gasteiger partial charge in [0.2, 0.25) is 5.91 Å². The Hall–Kier alpha value is -2.95. The lowest BCUT2D eigenvalue weighted by Gasteiger charge is -2.12. The van der Waals surface area contributed by atoms with E-state index in [9.17, 15) is 14.4 Å². The minimum absolute atomic E-state index is 0.0511. The molecule has 1 aliphatic carbocycles. The molecule has 0 saturated carbocycles. The van der Waals surface area contributed by atoms with Gasteiger partial charge in [0.05, 0.1) is 23.3 Å². The standard InChI is InChI=1S/C26H25N3O4S3/c1-3-33-25(32)21-16-6-4-5-7-18(16)36-24(21)27-19(30)13-35-26-28-22(31)20-17(12-34-23(20)29-26)15-10-8-14(2)9-11-15/h8-12H,3-7,13H2,1-2H3,(H,27,30)(H,28,29,31). The number of nitrogens with zero attached hydrogens (tertiary/aromatic N) is 1. The molecule has 0 aliphatic heterocycles. The number of fused-ring (bicyclic) bond motifs is 2. The number of thiophene rings is 2. The Balaban J connectivity index is 1.32. The first kappa shape index (κ1) is 24.7. The Kier molecular flexibility index (Phi) is 7.27. The summed E-state index contributed by atoms with van der Waals surface area (Å²) in [4.78, 5) is 47.5. The predicted octanol–water partition coefficient (Wildman–Crippen LogP) is 5.81. The minimum Gasteiger partial charge on any atom is -0.462 e. The fourth-order valence-corrected chi connectivity index (χ4v) is 7.27. The molecule has 4 aromatic rings. The molecule has 0 spiro atoms. The van der Waals surface area contributed by atoms with Gasteiger partial charge in [-0.15, -0.1) is 22.7 Å². The SMILES string of the molecule is CCOC(=O)c1c(NC(=O)CSc2nc3scc(-c4ccc(C)cc4)c3c(=O)[nH]2)sc2c1CCCC2. The molecule has 0 saturated heterocycles. The highest BCUT2D eigenvalue weighted by atomic mass is 32.2. The molecule has 0 radical (unpaired) electrons. The molecule has 5 rings (SSSR count). The van der Waals surface area contributed by atoms with Crippen LogP contribution in [0.25, 0.3) is 21.3 Å². The van der Waals surface area contributed by atoms with Crippen LogP contribution in [0, 0.1) is 6.92 Å². The van der Waals surface area contributed by atoms with Gasteiger partial charge in [-0.1, -0.05) is 41.6 Å². The molecular weight excluding hydrogens is 515 g/mol. The van der Waals surface area contributed by atoms with Gasteiger partial charge in [-0.3, -0.25) is 9.59 Å². The van der Waals surface area contributed by atoms with Crippen LogP contribution in [0.4, 0.5) is 5.00 Å². The Morgan fingerprint density at radius 2 is 1.97 bits per heavy atom. The van der Waals surface area contributed by atoms with E-state index in [2.05, 4.69) is 15.3 Å². The molecule has 36 heavy (non-hydrogen) atoms. The highest BCUT2D eigenvalue weighted by molar-refractivity contribution is 7.99. The smallest absolute Gasteiger partial charge is 0.341 e. The number of H-pyrrole nitrogens is 1. The Bertz CT molecular complexity index is 1500. The molecule has 0 unspecified atom stereocenters. The number of aromatic nitrogens is 2. The summed E-state index contributed by atoms with van der Waals surface area (Å²) >= 11 is 4.03. The monoisotopic (exact) mass is 539 g/mol. The number of thioether (sulfide) groups is 1. The summed E-state index contributed by atoms with van der Waals surface area (Å²) in [6.45, 7) is 4.07. The number of amides is 1. The van der Waals surface area contributed by atoms with Gasteiger partial charge in [0, 0.05) is 15.8 Å². The normalized spacial score (nSPS) is 12.9. The zero-order valence-corrected chi connectivity index (χ0v) is 22.4. The average Bonchev–Trinajstić information content (AvgIpc) is 3.45. The van der Waals surface area contributed by atoms with E-state index in [1.54, 1.807) is 6.92 Å². The van der Waals surface area contributed by atoms with Gasteiger partial charge in [0.15, 0.2) is 5.16 Å². The second kappa shape index (κ2) is 10.6. The number of ether oxygens (including phenoxy) is 1. The number of hydrogen-bond acceptors (Lipinski definition) is 8. The fraction of sp³-hybridized carbons (Fsp3) is 0.308. The van der Waals surface area contributed by atoms with E-state index >= 15 is 0 Å². The fourth-order valence-electron chi connectivity index (χ4n) is 4.31. The molecule has 7 nitrogen and oxygen atoms in total. The van der Waals surface area contributed by atoms with Crippen LogP contribution in [0.15, 0.2) is 39.6 Å². The van der Waals surface area contributed by atoms with Gasteiger partial charge in [0.1, 0.15) is 9.83 Å². The quantitative estimate of drug-likeness (QED) is 0.175. The van der Waals surface area contributed by atoms with Gasteiger partial charge in [-0.25, -0.2) is 9.78 Å². The van der Waals surface area contributed by atoms with Crippen LogP contribution in [-0.2, 0) is 22.4 Å². The zero-order chi connectivity index (χ0) is 25.2. The highest BCUT2D eigenvalue weighted by Gasteiger charge is 2.27. The van der Waals surface area contributed by atoms with Crippen LogP contribution < -0.4 is 10.9 Å². The van der Waals surface area contributed by atoms with Crippen molar-refractivity contribution in [3.8, 4) is 11.1 Å². The van der Waals surface area contributed by atoms with Gasteiger partial charge in [0.25, 0.3) is 5.56 Å². The van der Waals surface area contributed by atoms with E-state index < -0.39 is 5.97 Å². The maximum atomic E-state index is 12.9. The first-order valence-corrected chi connectivity index (χ1v) is 14.5. The van der Waals surface area contributed by atoms with Crippen LogP contribution in [0.1, 0.15) is 46.1 Å². The van der Waals surface area contributed by atoms with Crippen LogP contribution in [0.3, 0.4) is 0 Å². The summed E-state index contributed by atoms with van der Waals surface area (Å²) in [5.74, 6) is -0.605. The second-order valence-electron chi connectivity index (χ2n) is 8.54. The number of esters is 1. The van der Waals surface area contributed by atoms with Crippen LogP contribution in [-0.4, -0.2) is 34.2 Å². The number of carbonyl (C=O) groups is 2. The molecule has 1 amide bonds. The number of anilines is 1. The molecule has 2 N–H and O–H groups in total. The summed E-state index contributed by atoms with van der Waals surface area (Å²) < 4.78 is 5.26. The molecule has 3 heterocycles. The Labute approximate surface area is 220 Å². The molecule has 0 fully saturated rings. The first-order valence-electron chi connectivity index (χ1n) is 11.8. The third kappa shape index (κ3) is 4.98. The number of aryl methyl sites for hydroxylation is 2.